The Morgan fingerprint density at radius 2 is 2.06 bits per heavy atom. The first kappa shape index (κ1) is 11.6. The summed E-state index contributed by atoms with van der Waals surface area (Å²) in [6, 6.07) is 5.69. The maximum Gasteiger partial charge on any atom is 0.162 e. The van der Waals surface area contributed by atoms with E-state index in [-0.39, 0.29) is 5.78 Å². The molecule has 0 atom stereocenters. The molecule has 0 saturated carbocycles. The van der Waals surface area contributed by atoms with Gasteiger partial charge in [0, 0.05) is 17.9 Å². The molecular formula is C11H13ClN2OS. The Kier molecular flexibility index (Phi) is 3.96. The molecule has 1 aromatic carbocycles. The fourth-order valence-corrected chi connectivity index (χ4v) is 2.36. The number of benzene rings is 1. The van der Waals surface area contributed by atoms with Crippen LogP contribution in [0.4, 0.5) is 11.4 Å². The number of fused-ring (bicyclic) bond motifs is 1. The van der Waals surface area contributed by atoms with Crippen molar-refractivity contribution in [3.63, 3.8) is 0 Å². The minimum Gasteiger partial charge on any atom is -0.310 e. The molecule has 1 aliphatic heterocycles. The van der Waals surface area contributed by atoms with Crippen LogP contribution in [-0.2, 0) is 0 Å². The molecule has 1 aliphatic rings. The molecule has 0 aromatic heterocycles. The van der Waals surface area contributed by atoms with Gasteiger partial charge in [-0.2, -0.15) is 0 Å². The summed E-state index contributed by atoms with van der Waals surface area (Å²) in [5.41, 5.74) is 2.78. The van der Waals surface area contributed by atoms with Crippen LogP contribution in [0.1, 0.15) is 29.6 Å². The maximum absolute atomic E-state index is 11.8. The summed E-state index contributed by atoms with van der Waals surface area (Å²) in [5.74, 6) is 0.811. The number of carbonyl (C=O) groups is 1. The summed E-state index contributed by atoms with van der Waals surface area (Å²) < 4.78 is 6.19. The fourth-order valence-electron chi connectivity index (χ4n) is 1.55. The molecule has 0 unspecified atom stereocenters. The molecule has 16 heavy (non-hydrogen) atoms. The van der Waals surface area contributed by atoms with Gasteiger partial charge < -0.3 is 9.44 Å². The molecular weight excluding hydrogens is 244 g/mol. The number of alkyl halides is 1. The van der Waals surface area contributed by atoms with Gasteiger partial charge in [0.05, 0.1) is 23.5 Å². The van der Waals surface area contributed by atoms with E-state index >= 15 is 0 Å². The van der Waals surface area contributed by atoms with Gasteiger partial charge in [-0.1, -0.05) is 0 Å². The lowest BCUT2D eigenvalue weighted by Gasteiger charge is -2.03. The van der Waals surface area contributed by atoms with Crippen LogP contribution < -0.4 is 9.44 Å². The lowest BCUT2D eigenvalue weighted by molar-refractivity contribution is 0.0980. The van der Waals surface area contributed by atoms with E-state index < -0.39 is 0 Å². The summed E-state index contributed by atoms with van der Waals surface area (Å²) in [7, 11) is 0. The quantitative estimate of drug-likeness (QED) is 0.365. The van der Waals surface area contributed by atoms with E-state index in [1.54, 1.807) is 0 Å². The molecule has 1 heterocycles. The number of ketones is 1. The fraction of sp³-hybridized carbons (Fsp3) is 0.364. The minimum atomic E-state index is 0.187. The predicted octanol–water partition coefficient (Wildman–Crippen LogP) is 3.68. The second-order valence-electron chi connectivity index (χ2n) is 3.64. The van der Waals surface area contributed by atoms with E-state index in [1.165, 1.54) is 12.1 Å². The highest BCUT2D eigenvalue weighted by Crippen LogP contribution is 2.33. The van der Waals surface area contributed by atoms with Gasteiger partial charge in [-0.3, -0.25) is 4.79 Å². The number of unbranched alkanes of at least 4 members (excludes halogenated alkanes) is 1. The standard InChI is InChI=1S/C11H13ClN2OS/c12-6-2-1-3-11(15)8-4-5-9-10(7-8)14-16-13-9/h4-5,7,13-14H,1-3,6H2. The molecule has 0 radical (unpaired) electrons. The van der Waals surface area contributed by atoms with Crippen LogP contribution in [0, 0.1) is 0 Å². The smallest absolute Gasteiger partial charge is 0.162 e. The third kappa shape index (κ3) is 2.62. The summed E-state index contributed by atoms with van der Waals surface area (Å²) in [4.78, 5) is 11.8. The number of carbonyl (C=O) groups excluding carboxylic acids is 1. The van der Waals surface area contributed by atoms with Crippen molar-refractivity contribution in [3.8, 4) is 0 Å². The molecule has 0 fully saturated rings. The van der Waals surface area contributed by atoms with Crippen molar-refractivity contribution >= 4 is 40.9 Å². The second-order valence-corrected chi connectivity index (χ2v) is 4.63. The first-order valence-corrected chi connectivity index (χ1v) is 6.57. The van der Waals surface area contributed by atoms with Gasteiger partial charge in [0.15, 0.2) is 5.78 Å². The Morgan fingerprint density at radius 3 is 2.88 bits per heavy atom. The highest BCUT2D eigenvalue weighted by atomic mass is 35.5. The maximum atomic E-state index is 11.8. The first-order chi connectivity index (χ1) is 7.81. The number of halogens is 1. The molecule has 3 nitrogen and oxygen atoms in total. The highest BCUT2D eigenvalue weighted by molar-refractivity contribution is 8.02. The Hall–Kier alpha value is -0.870. The van der Waals surface area contributed by atoms with Crippen LogP contribution in [-0.4, -0.2) is 11.7 Å². The van der Waals surface area contributed by atoms with Gasteiger partial charge in [0.1, 0.15) is 0 Å². The third-order valence-electron chi connectivity index (χ3n) is 2.45. The van der Waals surface area contributed by atoms with Crippen molar-refractivity contribution in [2.75, 3.05) is 15.3 Å². The van der Waals surface area contributed by atoms with Crippen molar-refractivity contribution in [2.24, 2.45) is 0 Å². The molecule has 5 heteroatoms. The van der Waals surface area contributed by atoms with Crippen molar-refractivity contribution < 1.29 is 4.79 Å². The molecule has 0 bridgehead atoms. The van der Waals surface area contributed by atoms with E-state index in [1.807, 2.05) is 18.2 Å². The van der Waals surface area contributed by atoms with Gasteiger partial charge in [-0.15, -0.1) is 11.6 Å². The number of rotatable bonds is 5. The predicted molar refractivity (Wildman–Crippen MR) is 70.2 cm³/mol. The van der Waals surface area contributed by atoms with Gasteiger partial charge in [0.25, 0.3) is 0 Å². The number of nitrogens with one attached hydrogen (secondary N) is 2. The van der Waals surface area contributed by atoms with Crippen molar-refractivity contribution in [2.45, 2.75) is 19.3 Å². The van der Waals surface area contributed by atoms with Crippen LogP contribution in [0.5, 0.6) is 0 Å². The highest BCUT2D eigenvalue weighted by Gasteiger charge is 2.13. The largest absolute Gasteiger partial charge is 0.310 e. The average molecular weight is 257 g/mol. The van der Waals surface area contributed by atoms with E-state index in [0.717, 1.165) is 29.8 Å². The Morgan fingerprint density at radius 1 is 1.25 bits per heavy atom. The molecule has 0 amide bonds. The van der Waals surface area contributed by atoms with E-state index in [4.69, 9.17) is 11.6 Å². The molecule has 0 spiro atoms. The number of hydrogen-bond donors (Lipinski definition) is 2. The average Bonchev–Trinajstić information content (AvgIpc) is 2.76. The van der Waals surface area contributed by atoms with E-state index in [0.29, 0.717) is 12.3 Å². The molecule has 1 aromatic rings. The molecule has 2 N–H and O–H groups in total. The van der Waals surface area contributed by atoms with E-state index in [9.17, 15) is 4.79 Å². The summed E-state index contributed by atoms with van der Waals surface area (Å²) in [6.07, 6.45) is 2.33. The van der Waals surface area contributed by atoms with Gasteiger partial charge >= 0.3 is 0 Å². The number of anilines is 2. The van der Waals surface area contributed by atoms with Crippen molar-refractivity contribution in [1.82, 2.24) is 0 Å². The molecule has 2 rings (SSSR count). The van der Waals surface area contributed by atoms with Crippen LogP contribution in [0.2, 0.25) is 0 Å². The SMILES string of the molecule is O=C(CCCCCl)c1ccc2c(c1)NSN2. The minimum absolute atomic E-state index is 0.187. The number of Topliss-reactive ketones (excluding diaryl/α,β-unsaturated/α-hetero) is 1. The normalized spacial score (nSPS) is 12.8. The zero-order valence-electron chi connectivity index (χ0n) is 8.75. The molecule has 0 aliphatic carbocycles. The third-order valence-corrected chi connectivity index (χ3v) is 3.36. The van der Waals surface area contributed by atoms with Gasteiger partial charge in [-0.05, 0) is 31.0 Å². The zero-order valence-corrected chi connectivity index (χ0v) is 10.3. The zero-order chi connectivity index (χ0) is 11.4. The van der Waals surface area contributed by atoms with Crippen LogP contribution in [0.15, 0.2) is 18.2 Å². The topological polar surface area (TPSA) is 41.1 Å². The van der Waals surface area contributed by atoms with Crippen LogP contribution >= 0.6 is 23.7 Å². The summed E-state index contributed by atoms with van der Waals surface area (Å²) >= 11 is 6.99. The molecule has 86 valence electrons. The number of hydrogen-bond acceptors (Lipinski definition) is 4. The van der Waals surface area contributed by atoms with Crippen LogP contribution in [0.25, 0.3) is 0 Å². The molecule has 0 saturated heterocycles. The first-order valence-electron chi connectivity index (χ1n) is 5.22. The lowest BCUT2D eigenvalue weighted by Crippen LogP contribution is -1.99. The summed E-state index contributed by atoms with van der Waals surface area (Å²) in [6.45, 7) is 0. The summed E-state index contributed by atoms with van der Waals surface area (Å²) in [5, 5.41) is 0. The van der Waals surface area contributed by atoms with Crippen LogP contribution in [0.3, 0.4) is 0 Å². The second kappa shape index (κ2) is 5.46. The monoisotopic (exact) mass is 256 g/mol. The Balaban J connectivity index is 2.01. The van der Waals surface area contributed by atoms with Gasteiger partial charge in [0.2, 0.25) is 0 Å². The van der Waals surface area contributed by atoms with Crippen molar-refractivity contribution in [3.05, 3.63) is 23.8 Å². The lowest BCUT2D eigenvalue weighted by atomic mass is 10.0. The Bertz CT molecular complexity index is 398. The van der Waals surface area contributed by atoms with Gasteiger partial charge in [-0.25, -0.2) is 0 Å². The van der Waals surface area contributed by atoms with Crippen molar-refractivity contribution in [1.29, 1.82) is 0 Å². The van der Waals surface area contributed by atoms with E-state index in [2.05, 4.69) is 9.44 Å². The Labute approximate surface area is 104 Å².